The van der Waals surface area contributed by atoms with E-state index in [0.717, 1.165) is 15.6 Å². The number of esters is 1. The van der Waals surface area contributed by atoms with Crippen LogP contribution in [0.1, 0.15) is 35.1 Å². The Hall–Kier alpha value is -3.27. The normalized spacial score (nSPS) is 11.6. The average molecular weight is 413 g/mol. The minimum Gasteiger partial charge on any atom is -0.465 e. The second-order valence-corrected chi connectivity index (χ2v) is 8.00. The largest absolute Gasteiger partial charge is 0.465 e. The summed E-state index contributed by atoms with van der Waals surface area (Å²) in [5.41, 5.74) is 0.751. The second kappa shape index (κ2) is 6.96. The van der Waals surface area contributed by atoms with E-state index in [2.05, 4.69) is 10.3 Å². The minimum atomic E-state index is -0.623. The standard InChI is InChI=1S/C19H19N5O4S/c1-10(2)24-17-15(16(25)22(3)19(24)27)14(18(26)28-4)13(29-17)9-23-12-8-6-5-7-11(12)20-21-23/h5-8,10H,9H2,1-4H3. The van der Waals surface area contributed by atoms with E-state index in [9.17, 15) is 14.4 Å². The summed E-state index contributed by atoms with van der Waals surface area (Å²) in [6.45, 7) is 3.93. The van der Waals surface area contributed by atoms with E-state index in [1.54, 1.807) is 4.68 Å². The van der Waals surface area contributed by atoms with Gasteiger partial charge in [0.25, 0.3) is 5.56 Å². The van der Waals surface area contributed by atoms with Gasteiger partial charge in [0.15, 0.2) is 0 Å². The van der Waals surface area contributed by atoms with Crippen LogP contribution >= 0.6 is 11.3 Å². The third-order valence-corrected chi connectivity index (χ3v) is 5.99. The number of methoxy groups -OCH3 is 1. The first-order chi connectivity index (χ1) is 13.8. The van der Waals surface area contributed by atoms with Gasteiger partial charge in [-0.1, -0.05) is 17.3 Å². The van der Waals surface area contributed by atoms with E-state index in [-0.39, 0.29) is 23.5 Å². The number of hydrogen-bond donors (Lipinski definition) is 0. The highest BCUT2D eigenvalue weighted by atomic mass is 32.1. The molecule has 0 saturated carbocycles. The summed E-state index contributed by atoms with van der Waals surface area (Å²) in [5, 5.41) is 8.50. The van der Waals surface area contributed by atoms with Gasteiger partial charge in [-0.25, -0.2) is 14.3 Å². The number of para-hydroxylation sites is 1. The fourth-order valence-electron chi connectivity index (χ4n) is 3.39. The molecule has 3 aromatic heterocycles. The Morgan fingerprint density at radius 1 is 1.24 bits per heavy atom. The molecule has 0 fully saturated rings. The number of carbonyl (C=O) groups excluding carboxylic acids is 1. The fourth-order valence-corrected chi connectivity index (χ4v) is 4.78. The summed E-state index contributed by atoms with van der Waals surface area (Å²) < 4.78 is 9.17. The highest BCUT2D eigenvalue weighted by Crippen LogP contribution is 2.31. The molecule has 0 unspecified atom stereocenters. The zero-order chi connectivity index (χ0) is 20.9. The number of carbonyl (C=O) groups is 1. The van der Waals surface area contributed by atoms with Crippen LogP contribution in [0, 0.1) is 0 Å². The lowest BCUT2D eigenvalue weighted by Crippen LogP contribution is -2.38. The van der Waals surface area contributed by atoms with Crippen molar-refractivity contribution < 1.29 is 9.53 Å². The van der Waals surface area contributed by atoms with Gasteiger partial charge < -0.3 is 4.74 Å². The SMILES string of the molecule is COC(=O)c1c(Cn2nnc3ccccc32)sc2c1c(=O)n(C)c(=O)n2C(C)C. The summed E-state index contributed by atoms with van der Waals surface area (Å²) in [6.07, 6.45) is 0. The van der Waals surface area contributed by atoms with Crippen LogP contribution < -0.4 is 11.2 Å². The summed E-state index contributed by atoms with van der Waals surface area (Å²) in [4.78, 5) is 39.3. The predicted molar refractivity (Wildman–Crippen MR) is 110 cm³/mol. The van der Waals surface area contributed by atoms with E-state index >= 15 is 0 Å². The summed E-state index contributed by atoms with van der Waals surface area (Å²) in [7, 11) is 2.68. The first-order valence-corrected chi connectivity index (χ1v) is 9.80. The summed E-state index contributed by atoms with van der Waals surface area (Å²) >= 11 is 1.23. The number of nitrogens with zero attached hydrogens (tertiary/aromatic N) is 5. The minimum absolute atomic E-state index is 0.169. The zero-order valence-corrected chi connectivity index (χ0v) is 17.2. The van der Waals surface area contributed by atoms with Crippen molar-refractivity contribution >= 4 is 38.6 Å². The van der Waals surface area contributed by atoms with Gasteiger partial charge >= 0.3 is 11.7 Å². The van der Waals surface area contributed by atoms with Crippen LogP contribution in [-0.4, -0.2) is 37.2 Å². The number of benzene rings is 1. The van der Waals surface area contributed by atoms with Gasteiger partial charge in [0.1, 0.15) is 10.3 Å². The summed E-state index contributed by atoms with van der Waals surface area (Å²) in [6, 6.07) is 7.27. The Kier molecular flexibility index (Phi) is 4.58. The Bertz CT molecular complexity index is 1380. The molecule has 150 valence electrons. The molecule has 0 bridgehead atoms. The molecule has 3 heterocycles. The Balaban J connectivity index is 2.05. The molecule has 0 aliphatic heterocycles. The van der Waals surface area contributed by atoms with Crippen molar-refractivity contribution in [2.45, 2.75) is 26.4 Å². The lowest BCUT2D eigenvalue weighted by molar-refractivity contribution is 0.0602. The maximum Gasteiger partial charge on any atom is 0.339 e. The molecule has 0 amide bonds. The molecule has 4 rings (SSSR count). The van der Waals surface area contributed by atoms with Crippen molar-refractivity contribution in [2.24, 2.45) is 7.05 Å². The highest BCUT2D eigenvalue weighted by Gasteiger charge is 2.27. The molecule has 10 heteroatoms. The number of fused-ring (bicyclic) bond motifs is 2. The highest BCUT2D eigenvalue weighted by molar-refractivity contribution is 7.19. The van der Waals surface area contributed by atoms with Gasteiger partial charge in [-0.3, -0.25) is 13.9 Å². The van der Waals surface area contributed by atoms with Crippen LogP contribution in [0.25, 0.3) is 21.3 Å². The quantitative estimate of drug-likeness (QED) is 0.474. The van der Waals surface area contributed by atoms with Crippen LogP contribution in [0.5, 0.6) is 0 Å². The molecule has 0 radical (unpaired) electrons. The number of aromatic nitrogens is 5. The molecule has 1 aromatic carbocycles. The molecule has 4 aromatic rings. The number of thiophene rings is 1. The molecule has 29 heavy (non-hydrogen) atoms. The molecule has 0 aliphatic rings. The predicted octanol–water partition coefficient (Wildman–Crippen LogP) is 1.92. The Morgan fingerprint density at radius 2 is 1.97 bits per heavy atom. The van der Waals surface area contributed by atoms with Crippen LogP contribution in [0.4, 0.5) is 0 Å². The van der Waals surface area contributed by atoms with E-state index < -0.39 is 17.2 Å². The fraction of sp³-hybridized carbons (Fsp3) is 0.316. The summed E-state index contributed by atoms with van der Waals surface area (Å²) in [5.74, 6) is -0.623. The Morgan fingerprint density at radius 3 is 2.66 bits per heavy atom. The molecule has 9 nitrogen and oxygen atoms in total. The Labute approximate surface area is 168 Å². The number of hydrogen-bond acceptors (Lipinski definition) is 7. The number of ether oxygens (including phenoxy) is 1. The van der Waals surface area contributed by atoms with Gasteiger partial charge in [0, 0.05) is 18.0 Å². The van der Waals surface area contributed by atoms with Crippen LogP contribution in [0.15, 0.2) is 33.9 Å². The van der Waals surface area contributed by atoms with Crippen molar-refractivity contribution in [1.82, 2.24) is 24.1 Å². The molecule has 0 atom stereocenters. The van der Waals surface area contributed by atoms with Crippen LogP contribution in [0.2, 0.25) is 0 Å². The topological polar surface area (TPSA) is 101 Å². The van der Waals surface area contributed by atoms with Crippen molar-refractivity contribution in [3.63, 3.8) is 0 Å². The lowest BCUT2D eigenvalue weighted by atomic mass is 10.1. The van der Waals surface area contributed by atoms with E-state index in [0.29, 0.717) is 9.71 Å². The molecule has 0 N–H and O–H groups in total. The maximum atomic E-state index is 12.9. The molecule has 0 aliphatic carbocycles. The first-order valence-electron chi connectivity index (χ1n) is 8.98. The first kappa shape index (κ1) is 19.1. The van der Waals surface area contributed by atoms with Gasteiger partial charge in [0.2, 0.25) is 0 Å². The zero-order valence-electron chi connectivity index (χ0n) is 16.4. The smallest absolute Gasteiger partial charge is 0.339 e. The van der Waals surface area contributed by atoms with Crippen molar-refractivity contribution in [1.29, 1.82) is 0 Å². The molecular weight excluding hydrogens is 394 g/mol. The van der Waals surface area contributed by atoms with E-state index in [1.807, 2.05) is 38.1 Å². The van der Waals surface area contributed by atoms with E-state index in [1.165, 1.54) is 30.1 Å². The third kappa shape index (κ3) is 2.87. The third-order valence-electron chi connectivity index (χ3n) is 4.81. The van der Waals surface area contributed by atoms with Crippen LogP contribution in [-0.2, 0) is 18.3 Å². The van der Waals surface area contributed by atoms with Crippen molar-refractivity contribution in [2.75, 3.05) is 7.11 Å². The van der Waals surface area contributed by atoms with Gasteiger partial charge in [0.05, 0.1) is 30.1 Å². The van der Waals surface area contributed by atoms with Crippen molar-refractivity contribution in [3.8, 4) is 0 Å². The molecule has 0 saturated heterocycles. The monoisotopic (exact) mass is 413 g/mol. The van der Waals surface area contributed by atoms with Gasteiger partial charge in [-0.15, -0.1) is 16.4 Å². The van der Waals surface area contributed by atoms with Crippen molar-refractivity contribution in [3.05, 3.63) is 55.5 Å². The lowest BCUT2D eigenvalue weighted by Gasteiger charge is -2.12. The molecule has 0 spiro atoms. The number of rotatable bonds is 4. The average Bonchev–Trinajstić information content (AvgIpc) is 3.27. The maximum absolute atomic E-state index is 12.9. The van der Waals surface area contributed by atoms with E-state index in [4.69, 9.17) is 4.74 Å². The second-order valence-electron chi connectivity index (χ2n) is 6.92. The van der Waals surface area contributed by atoms with Crippen LogP contribution in [0.3, 0.4) is 0 Å². The molecular formula is C19H19N5O4S. The van der Waals surface area contributed by atoms with Gasteiger partial charge in [-0.05, 0) is 26.0 Å². The van der Waals surface area contributed by atoms with Gasteiger partial charge in [-0.2, -0.15) is 0 Å².